The first-order valence-corrected chi connectivity index (χ1v) is 8.02. The van der Waals surface area contributed by atoms with E-state index in [0.717, 1.165) is 0 Å². The summed E-state index contributed by atoms with van der Waals surface area (Å²) >= 11 is 0. The molecule has 11 heavy (non-hydrogen) atoms. The van der Waals surface area contributed by atoms with E-state index in [1.165, 1.54) is 0 Å². The van der Waals surface area contributed by atoms with Crippen molar-refractivity contribution in [1.82, 2.24) is 0 Å². The summed E-state index contributed by atoms with van der Waals surface area (Å²) < 4.78 is 33.6. The molecule has 5 heteroatoms. The molecule has 1 aliphatic rings. The van der Waals surface area contributed by atoms with Gasteiger partial charge in [0, 0.05) is 11.5 Å². The van der Waals surface area contributed by atoms with E-state index >= 15 is 0 Å². The third kappa shape index (κ3) is 2.91. The number of hydrogen-bond donors (Lipinski definition) is 1. The minimum Gasteiger partial charge on any atom is -0.285 e. The third-order valence-electron chi connectivity index (χ3n) is 1.96. The molecule has 0 bridgehead atoms. The Morgan fingerprint density at radius 1 is 1.18 bits per heavy atom. The highest BCUT2D eigenvalue weighted by Gasteiger charge is 2.21. The van der Waals surface area contributed by atoms with Crippen LogP contribution in [-0.2, 0) is 19.8 Å². The summed E-state index contributed by atoms with van der Waals surface area (Å²) in [4.78, 5) is 0. The Kier molecular flexibility index (Phi) is 2.39. The SMILES string of the molecule is C[SH]1(=O)CCCS(=O)(=O)CC1. The standard InChI is InChI=1S/C6H14O3S2/c1-10(7)3-2-4-11(8,9)6-5-10/h10H,2-6H2,1H3. The van der Waals surface area contributed by atoms with Crippen LogP contribution < -0.4 is 0 Å². The lowest BCUT2D eigenvalue weighted by Crippen LogP contribution is -2.20. The van der Waals surface area contributed by atoms with Crippen molar-refractivity contribution < 1.29 is 12.6 Å². The van der Waals surface area contributed by atoms with Crippen molar-refractivity contribution in [2.24, 2.45) is 0 Å². The molecule has 0 spiro atoms. The van der Waals surface area contributed by atoms with Crippen LogP contribution in [0.3, 0.4) is 0 Å². The summed E-state index contributed by atoms with van der Waals surface area (Å²) in [6.45, 7) is 0. The Hall–Kier alpha value is 0.1000. The van der Waals surface area contributed by atoms with E-state index in [2.05, 4.69) is 0 Å². The molecule has 0 radical (unpaired) electrons. The largest absolute Gasteiger partial charge is 0.285 e. The Bertz CT molecular complexity index is 278. The van der Waals surface area contributed by atoms with Gasteiger partial charge in [0.05, 0.1) is 11.5 Å². The van der Waals surface area contributed by atoms with Crippen LogP contribution in [0.2, 0.25) is 0 Å². The second-order valence-electron chi connectivity index (χ2n) is 3.25. The molecule has 0 saturated carbocycles. The minimum atomic E-state index is -2.86. The van der Waals surface area contributed by atoms with E-state index in [9.17, 15) is 12.6 Å². The van der Waals surface area contributed by atoms with Gasteiger partial charge in [-0.25, -0.2) is 8.42 Å². The molecule has 1 rings (SSSR count). The molecule has 0 aliphatic carbocycles. The van der Waals surface area contributed by atoms with E-state index in [1.807, 2.05) is 0 Å². The monoisotopic (exact) mass is 198 g/mol. The van der Waals surface area contributed by atoms with E-state index < -0.39 is 19.8 Å². The van der Waals surface area contributed by atoms with Gasteiger partial charge in [-0.05, 0) is 12.7 Å². The highest BCUT2D eigenvalue weighted by molar-refractivity contribution is 8.03. The smallest absolute Gasteiger partial charge is 0.151 e. The van der Waals surface area contributed by atoms with Gasteiger partial charge >= 0.3 is 0 Å². The topological polar surface area (TPSA) is 51.2 Å². The summed E-state index contributed by atoms with van der Waals surface area (Å²) in [5.41, 5.74) is 0. The normalized spacial score (nSPS) is 32.1. The molecule has 1 saturated heterocycles. The fraction of sp³-hybridized carbons (Fsp3) is 1.00. The third-order valence-corrected chi connectivity index (χ3v) is 6.43. The molecule has 0 aromatic rings. The fourth-order valence-corrected chi connectivity index (χ4v) is 5.88. The molecule has 0 unspecified atom stereocenters. The first-order valence-electron chi connectivity index (χ1n) is 3.67. The molecular weight excluding hydrogens is 184 g/mol. The maximum Gasteiger partial charge on any atom is 0.151 e. The van der Waals surface area contributed by atoms with Gasteiger partial charge in [0.1, 0.15) is 0 Å². The van der Waals surface area contributed by atoms with Crippen LogP contribution in [0.4, 0.5) is 0 Å². The van der Waals surface area contributed by atoms with Gasteiger partial charge < -0.3 is 0 Å². The molecule has 0 aromatic heterocycles. The number of hydrogen-bond acceptors (Lipinski definition) is 3. The van der Waals surface area contributed by atoms with E-state index in [0.29, 0.717) is 17.9 Å². The van der Waals surface area contributed by atoms with Crippen molar-refractivity contribution >= 4 is 19.8 Å². The zero-order chi connectivity index (χ0) is 8.54. The zero-order valence-corrected chi connectivity index (χ0v) is 8.33. The number of rotatable bonds is 0. The quantitative estimate of drug-likeness (QED) is 0.531. The first-order chi connectivity index (χ1) is 4.91. The number of sulfone groups is 1. The molecular formula is C6H14O3S2. The van der Waals surface area contributed by atoms with Crippen molar-refractivity contribution in [3.63, 3.8) is 0 Å². The van der Waals surface area contributed by atoms with Gasteiger partial charge in [-0.15, -0.1) is 9.93 Å². The van der Waals surface area contributed by atoms with Gasteiger partial charge in [-0.1, -0.05) is 0 Å². The van der Waals surface area contributed by atoms with Crippen LogP contribution in [0.5, 0.6) is 0 Å². The molecule has 0 amide bonds. The minimum absolute atomic E-state index is 0.126. The molecule has 3 nitrogen and oxygen atoms in total. The highest BCUT2D eigenvalue weighted by Crippen LogP contribution is 2.10. The zero-order valence-electron chi connectivity index (χ0n) is 6.62. The van der Waals surface area contributed by atoms with E-state index in [1.54, 1.807) is 6.26 Å². The summed E-state index contributed by atoms with van der Waals surface area (Å²) in [5, 5.41) is 0. The van der Waals surface area contributed by atoms with Gasteiger partial charge in [0.15, 0.2) is 9.84 Å². The van der Waals surface area contributed by atoms with Crippen LogP contribution in [0.25, 0.3) is 0 Å². The molecule has 1 heterocycles. The van der Waals surface area contributed by atoms with Gasteiger partial charge in [0.2, 0.25) is 0 Å². The summed E-state index contributed by atoms with van der Waals surface area (Å²) in [6.07, 6.45) is 2.28. The van der Waals surface area contributed by atoms with Crippen molar-refractivity contribution in [3.05, 3.63) is 0 Å². The Balaban J connectivity index is 2.76. The van der Waals surface area contributed by atoms with Crippen LogP contribution in [0, 0.1) is 0 Å². The number of thiol groups is 1. The predicted octanol–water partition coefficient (Wildman–Crippen LogP) is -0.549. The second kappa shape index (κ2) is 2.86. The predicted molar refractivity (Wildman–Crippen MR) is 48.5 cm³/mol. The van der Waals surface area contributed by atoms with Gasteiger partial charge in [0.25, 0.3) is 0 Å². The maximum absolute atomic E-state index is 11.5. The van der Waals surface area contributed by atoms with Crippen molar-refractivity contribution in [2.45, 2.75) is 6.42 Å². The van der Waals surface area contributed by atoms with Gasteiger partial charge in [-0.2, -0.15) is 0 Å². The highest BCUT2D eigenvalue weighted by atomic mass is 32.2. The van der Waals surface area contributed by atoms with Crippen LogP contribution >= 0.6 is 0 Å². The van der Waals surface area contributed by atoms with Crippen molar-refractivity contribution in [1.29, 1.82) is 0 Å². The van der Waals surface area contributed by atoms with Gasteiger partial charge in [-0.3, -0.25) is 4.21 Å². The van der Waals surface area contributed by atoms with Crippen LogP contribution in [-0.4, -0.2) is 41.9 Å². The average Bonchev–Trinajstić information content (AvgIpc) is 1.92. The fourth-order valence-electron chi connectivity index (χ4n) is 1.16. The first kappa shape index (κ1) is 9.19. The summed E-state index contributed by atoms with van der Waals surface area (Å²) in [6, 6.07) is 0. The molecule has 0 atom stereocenters. The molecule has 0 N–H and O–H groups in total. The molecule has 1 aliphatic heterocycles. The van der Waals surface area contributed by atoms with Crippen LogP contribution in [0.15, 0.2) is 0 Å². The molecule has 68 valence electrons. The second-order valence-corrected chi connectivity index (χ2v) is 9.04. The Labute approximate surface area is 68.5 Å². The lowest BCUT2D eigenvalue weighted by Gasteiger charge is -2.12. The maximum atomic E-state index is 11.5. The summed E-state index contributed by atoms with van der Waals surface area (Å²) in [5.74, 6) is 1.34. The molecule has 1 fully saturated rings. The lowest BCUT2D eigenvalue weighted by atomic mass is 10.6. The summed E-state index contributed by atoms with van der Waals surface area (Å²) in [7, 11) is -4.95. The lowest BCUT2D eigenvalue weighted by molar-refractivity contribution is 0.597. The van der Waals surface area contributed by atoms with E-state index in [4.69, 9.17) is 0 Å². The average molecular weight is 198 g/mol. The Morgan fingerprint density at radius 3 is 2.45 bits per heavy atom. The van der Waals surface area contributed by atoms with Crippen molar-refractivity contribution in [2.75, 3.05) is 29.3 Å². The van der Waals surface area contributed by atoms with Crippen molar-refractivity contribution in [3.8, 4) is 0 Å². The Morgan fingerprint density at radius 2 is 1.82 bits per heavy atom. The van der Waals surface area contributed by atoms with E-state index in [-0.39, 0.29) is 11.5 Å². The van der Waals surface area contributed by atoms with Crippen LogP contribution in [0.1, 0.15) is 6.42 Å². The molecule has 0 aromatic carbocycles.